The summed E-state index contributed by atoms with van der Waals surface area (Å²) in [7, 11) is 0. The molecular formula is C15H23NO2. The van der Waals surface area contributed by atoms with Crippen LogP contribution >= 0.6 is 0 Å². The van der Waals surface area contributed by atoms with Crippen LogP contribution in [-0.2, 0) is 4.74 Å². The third kappa shape index (κ3) is 5.32. The minimum atomic E-state index is -0.00801. The molecule has 0 saturated heterocycles. The van der Waals surface area contributed by atoms with Gasteiger partial charge in [-0.25, -0.2) is 0 Å². The summed E-state index contributed by atoms with van der Waals surface area (Å²) in [5, 5.41) is 2.91. The second-order valence-electron chi connectivity index (χ2n) is 4.91. The minimum Gasteiger partial charge on any atom is -0.379 e. The summed E-state index contributed by atoms with van der Waals surface area (Å²) in [5.74, 6) is -0.00801. The Bertz CT molecular complexity index is 379. The van der Waals surface area contributed by atoms with E-state index >= 15 is 0 Å². The Morgan fingerprint density at radius 3 is 2.39 bits per heavy atom. The van der Waals surface area contributed by atoms with Gasteiger partial charge in [0.1, 0.15) is 0 Å². The zero-order chi connectivity index (χ0) is 13.5. The van der Waals surface area contributed by atoms with Gasteiger partial charge in [-0.3, -0.25) is 4.79 Å². The predicted octanol–water partition coefficient (Wildman–Crippen LogP) is 2.85. The Morgan fingerprint density at radius 1 is 1.22 bits per heavy atom. The van der Waals surface area contributed by atoms with Gasteiger partial charge in [0.05, 0.1) is 6.10 Å². The molecule has 18 heavy (non-hydrogen) atoms. The van der Waals surface area contributed by atoms with E-state index in [0.717, 1.165) is 23.1 Å². The number of nitrogens with one attached hydrogen (secondary N) is 1. The smallest absolute Gasteiger partial charge is 0.251 e. The van der Waals surface area contributed by atoms with Crippen molar-refractivity contribution in [3.05, 3.63) is 34.9 Å². The topological polar surface area (TPSA) is 38.3 Å². The maximum Gasteiger partial charge on any atom is 0.251 e. The van der Waals surface area contributed by atoms with Gasteiger partial charge in [0, 0.05) is 18.7 Å². The van der Waals surface area contributed by atoms with E-state index in [9.17, 15) is 4.79 Å². The molecule has 1 aromatic rings. The van der Waals surface area contributed by atoms with Crippen molar-refractivity contribution in [2.75, 3.05) is 13.2 Å². The van der Waals surface area contributed by atoms with E-state index in [2.05, 4.69) is 11.4 Å². The summed E-state index contributed by atoms with van der Waals surface area (Å²) in [6.07, 6.45) is 1.09. The maximum absolute atomic E-state index is 11.9. The Kier molecular flexibility index (Phi) is 5.86. The van der Waals surface area contributed by atoms with Gasteiger partial charge in [-0.1, -0.05) is 17.2 Å². The fraction of sp³-hybridized carbons (Fsp3) is 0.533. The summed E-state index contributed by atoms with van der Waals surface area (Å²) in [6.45, 7) is 9.35. The Balaban J connectivity index is 2.36. The average Bonchev–Trinajstić information content (AvgIpc) is 2.26. The van der Waals surface area contributed by atoms with E-state index in [1.54, 1.807) is 0 Å². The molecule has 1 aromatic carbocycles. The molecule has 3 nitrogen and oxygen atoms in total. The molecule has 0 atom stereocenters. The van der Waals surface area contributed by atoms with Gasteiger partial charge in [-0.05, 0) is 46.2 Å². The second kappa shape index (κ2) is 7.17. The molecule has 0 aromatic heterocycles. The lowest BCUT2D eigenvalue weighted by atomic mass is 10.1. The molecule has 1 N–H and O–H groups in total. The molecule has 0 radical (unpaired) electrons. The number of ether oxygens (including phenoxy) is 1. The van der Waals surface area contributed by atoms with Gasteiger partial charge in [-0.15, -0.1) is 0 Å². The Hall–Kier alpha value is -1.35. The van der Waals surface area contributed by atoms with Gasteiger partial charge < -0.3 is 10.1 Å². The highest BCUT2D eigenvalue weighted by Gasteiger charge is 2.05. The number of hydrogen-bond acceptors (Lipinski definition) is 2. The second-order valence-corrected chi connectivity index (χ2v) is 4.91. The molecular weight excluding hydrogens is 226 g/mol. The quantitative estimate of drug-likeness (QED) is 0.787. The van der Waals surface area contributed by atoms with Crippen LogP contribution in [0.2, 0.25) is 0 Å². The molecule has 3 heteroatoms. The van der Waals surface area contributed by atoms with Gasteiger partial charge in [-0.2, -0.15) is 0 Å². The van der Waals surface area contributed by atoms with E-state index < -0.39 is 0 Å². The van der Waals surface area contributed by atoms with Crippen LogP contribution in [0.3, 0.4) is 0 Å². The Labute approximate surface area is 110 Å². The third-order valence-electron chi connectivity index (χ3n) is 2.54. The maximum atomic E-state index is 11.9. The van der Waals surface area contributed by atoms with Crippen molar-refractivity contribution in [1.29, 1.82) is 0 Å². The molecule has 1 amide bonds. The summed E-state index contributed by atoms with van der Waals surface area (Å²) in [4.78, 5) is 11.9. The molecule has 0 aliphatic heterocycles. The standard InChI is InChI=1S/C15H23NO2/c1-11(2)18-7-5-6-16-15(17)14-9-12(3)8-13(4)10-14/h8-11H,5-7H2,1-4H3,(H,16,17). The summed E-state index contributed by atoms with van der Waals surface area (Å²) >= 11 is 0. The van der Waals surface area contributed by atoms with Crippen LogP contribution in [0.1, 0.15) is 41.8 Å². The fourth-order valence-corrected chi connectivity index (χ4v) is 1.80. The summed E-state index contributed by atoms with van der Waals surface area (Å²) in [6, 6.07) is 5.88. The van der Waals surface area contributed by atoms with E-state index in [1.165, 1.54) is 0 Å². The fourth-order valence-electron chi connectivity index (χ4n) is 1.80. The number of rotatable bonds is 6. The van der Waals surface area contributed by atoms with Crippen LogP contribution < -0.4 is 5.32 Å². The highest BCUT2D eigenvalue weighted by molar-refractivity contribution is 5.94. The van der Waals surface area contributed by atoms with Crippen molar-refractivity contribution in [3.8, 4) is 0 Å². The number of amides is 1. The molecule has 0 heterocycles. The SMILES string of the molecule is Cc1cc(C)cc(C(=O)NCCCOC(C)C)c1. The third-order valence-corrected chi connectivity index (χ3v) is 2.54. The van der Waals surface area contributed by atoms with Gasteiger partial charge in [0.25, 0.3) is 5.91 Å². The lowest BCUT2D eigenvalue weighted by Gasteiger charge is -2.09. The van der Waals surface area contributed by atoms with Crippen LogP contribution in [0.4, 0.5) is 0 Å². The van der Waals surface area contributed by atoms with Crippen LogP contribution in [-0.4, -0.2) is 25.2 Å². The van der Waals surface area contributed by atoms with Crippen molar-refractivity contribution in [1.82, 2.24) is 5.32 Å². The number of hydrogen-bond donors (Lipinski definition) is 1. The zero-order valence-corrected chi connectivity index (χ0v) is 11.7. The lowest BCUT2D eigenvalue weighted by molar-refractivity contribution is 0.0757. The molecule has 0 aliphatic carbocycles. The van der Waals surface area contributed by atoms with Crippen LogP contribution in [0.5, 0.6) is 0 Å². The molecule has 0 fully saturated rings. The van der Waals surface area contributed by atoms with Crippen LogP contribution in [0.15, 0.2) is 18.2 Å². The van der Waals surface area contributed by atoms with Gasteiger partial charge >= 0.3 is 0 Å². The monoisotopic (exact) mass is 249 g/mol. The highest BCUT2D eigenvalue weighted by atomic mass is 16.5. The van der Waals surface area contributed by atoms with Crippen LogP contribution in [0.25, 0.3) is 0 Å². The van der Waals surface area contributed by atoms with Crippen molar-refractivity contribution in [3.63, 3.8) is 0 Å². The average molecular weight is 249 g/mol. The number of aryl methyl sites for hydroxylation is 2. The van der Waals surface area contributed by atoms with E-state index in [-0.39, 0.29) is 12.0 Å². The van der Waals surface area contributed by atoms with E-state index in [0.29, 0.717) is 13.2 Å². The summed E-state index contributed by atoms with van der Waals surface area (Å²) < 4.78 is 5.42. The number of carbonyl (C=O) groups is 1. The number of benzene rings is 1. The number of carbonyl (C=O) groups excluding carboxylic acids is 1. The molecule has 0 aliphatic rings. The van der Waals surface area contributed by atoms with Crippen LogP contribution in [0, 0.1) is 13.8 Å². The Morgan fingerprint density at radius 2 is 1.83 bits per heavy atom. The van der Waals surface area contributed by atoms with E-state index in [4.69, 9.17) is 4.74 Å². The summed E-state index contributed by atoms with van der Waals surface area (Å²) in [5.41, 5.74) is 2.96. The largest absolute Gasteiger partial charge is 0.379 e. The van der Waals surface area contributed by atoms with Gasteiger partial charge in [0.2, 0.25) is 0 Å². The first kappa shape index (κ1) is 14.7. The van der Waals surface area contributed by atoms with Crippen molar-refractivity contribution >= 4 is 5.91 Å². The molecule has 0 unspecified atom stereocenters. The van der Waals surface area contributed by atoms with Crippen molar-refractivity contribution in [2.45, 2.75) is 40.2 Å². The first-order chi connectivity index (χ1) is 8.49. The molecule has 0 bridgehead atoms. The first-order valence-electron chi connectivity index (χ1n) is 6.47. The molecule has 0 spiro atoms. The molecule has 100 valence electrons. The minimum absolute atomic E-state index is 0.00801. The normalized spacial score (nSPS) is 10.7. The molecule has 0 saturated carbocycles. The predicted molar refractivity (Wildman–Crippen MR) is 74.0 cm³/mol. The highest BCUT2D eigenvalue weighted by Crippen LogP contribution is 2.08. The van der Waals surface area contributed by atoms with Crippen molar-refractivity contribution < 1.29 is 9.53 Å². The van der Waals surface area contributed by atoms with Crippen molar-refractivity contribution in [2.24, 2.45) is 0 Å². The van der Waals surface area contributed by atoms with E-state index in [1.807, 2.05) is 39.8 Å². The molecule has 1 rings (SSSR count). The van der Waals surface area contributed by atoms with Gasteiger partial charge in [0.15, 0.2) is 0 Å². The zero-order valence-electron chi connectivity index (χ0n) is 11.7. The lowest BCUT2D eigenvalue weighted by Crippen LogP contribution is -2.25. The first-order valence-corrected chi connectivity index (χ1v) is 6.47.